The molecule has 0 saturated carbocycles. The van der Waals surface area contributed by atoms with Gasteiger partial charge >= 0.3 is 0 Å². The summed E-state index contributed by atoms with van der Waals surface area (Å²) >= 11 is 1.47. The van der Waals surface area contributed by atoms with Crippen LogP contribution in [0, 0.1) is 0 Å². The molecule has 17 heavy (non-hydrogen) atoms. The van der Waals surface area contributed by atoms with E-state index in [1.54, 1.807) is 0 Å². The molecule has 4 heteroatoms. The summed E-state index contributed by atoms with van der Waals surface area (Å²) < 4.78 is 0. The maximum Gasteiger partial charge on any atom is 0.230 e. The number of aliphatic hydroxyl groups excluding tert-OH is 1. The smallest absolute Gasteiger partial charge is 0.230 e. The quantitative estimate of drug-likeness (QED) is 0.765. The lowest BCUT2D eigenvalue weighted by atomic mass is 10.1. The first-order valence-electron chi connectivity index (χ1n) is 5.85. The Morgan fingerprint density at radius 1 is 1.41 bits per heavy atom. The summed E-state index contributed by atoms with van der Waals surface area (Å²) in [5.41, 5.74) is 0.907. The number of rotatable bonds is 6. The van der Waals surface area contributed by atoms with Crippen LogP contribution in [0.15, 0.2) is 29.2 Å². The molecule has 0 aliphatic rings. The molecule has 0 bridgehead atoms. The average Bonchev–Trinajstić information content (AvgIpc) is 2.36. The second-order valence-electron chi connectivity index (χ2n) is 3.70. The monoisotopic (exact) mass is 253 g/mol. The molecule has 0 heterocycles. The number of amides is 1. The molecule has 0 spiro atoms. The number of thioether (sulfide) groups is 1. The normalized spacial score (nSPS) is 12.2. The number of carbonyl (C=O) groups is 1. The van der Waals surface area contributed by atoms with E-state index in [9.17, 15) is 9.90 Å². The van der Waals surface area contributed by atoms with Gasteiger partial charge in [-0.15, -0.1) is 11.8 Å². The third kappa shape index (κ3) is 4.40. The van der Waals surface area contributed by atoms with Gasteiger partial charge in [-0.25, -0.2) is 0 Å². The lowest BCUT2D eigenvalue weighted by molar-refractivity contribution is -0.118. The first kappa shape index (κ1) is 14.1. The summed E-state index contributed by atoms with van der Waals surface area (Å²) in [4.78, 5) is 12.4. The van der Waals surface area contributed by atoms with Crippen LogP contribution in [0.5, 0.6) is 0 Å². The van der Waals surface area contributed by atoms with Crippen LogP contribution in [0.1, 0.15) is 31.9 Å². The Labute approximate surface area is 107 Å². The maximum absolute atomic E-state index is 11.4. The Hall–Kier alpha value is -1.00. The standard InChI is InChI=1S/C13H19NO2S/c1-3-11(15)10-7-5-6-8-12(10)17-9-13(16)14-4-2/h5-8,11,15H,3-4,9H2,1-2H3,(H,14,16)/t11-/m0/s1. The largest absolute Gasteiger partial charge is 0.388 e. The van der Waals surface area contributed by atoms with E-state index in [-0.39, 0.29) is 5.91 Å². The molecule has 0 aliphatic heterocycles. The van der Waals surface area contributed by atoms with Gasteiger partial charge in [-0.2, -0.15) is 0 Å². The van der Waals surface area contributed by atoms with E-state index < -0.39 is 6.10 Å². The van der Waals surface area contributed by atoms with Crippen molar-refractivity contribution in [1.29, 1.82) is 0 Å². The van der Waals surface area contributed by atoms with Crippen molar-refractivity contribution < 1.29 is 9.90 Å². The fourth-order valence-electron chi connectivity index (χ4n) is 1.50. The molecular weight excluding hydrogens is 234 g/mol. The summed E-state index contributed by atoms with van der Waals surface area (Å²) in [6, 6.07) is 7.68. The van der Waals surface area contributed by atoms with E-state index in [0.29, 0.717) is 18.7 Å². The van der Waals surface area contributed by atoms with Gasteiger partial charge in [-0.1, -0.05) is 25.1 Å². The van der Waals surface area contributed by atoms with Crippen molar-refractivity contribution in [3.63, 3.8) is 0 Å². The number of benzene rings is 1. The Bertz CT molecular complexity index is 368. The predicted octanol–water partition coefficient (Wildman–Crippen LogP) is 2.36. The lowest BCUT2D eigenvalue weighted by Gasteiger charge is -2.13. The fraction of sp³-hybridized carbons (Fsp3) is 0.462. The number of aliphatic hydroxyl groups is 1. The van der Waals surface area contributed by atoms with E-state index in [1.165, 1.54) is 11.8 Å². The van der Waals surface area contributed by atoms with E-state index in [4.69, 9.17) is 0 Å². The minimum atomic E-state index is -0.451. The molecule has 0 saturated heterocycles. The van der Waals surface area contributed by atoms with Crippen molar-refractivity contribution in [2.24, 2.45) is 0 Å². The first-order chi connectivity index (χ1) is 8.19. The van der Waals surface area contributed by atoms with E-state index in [1.807, 2.05) is 38.1 Å². The van der Waals surface area contributed by atoms with Gasteiger partial charge in [0.25, 0.3) is 0 Å². The van der Waals surface area contributed by atoms with Crippen LogP contribution in [-0.4, -0.2) is 23.3 Å². The zero-order valence-corrected chi connectivity index (χ0v) is 11.1. The summed E-state index contributed by atoms with van der Waals surface area (Å²) in [5.74, 6) is 0.416. The van der Waals surface area contributed by atoms with Crippen LogP contribution < -0.4 is 5.32 Å². The van der Waals surface area contributed by atoms with Gasteiger partial charge in [0, 0.05) is 11.4 Å². The Kier molecular flexibility index (Phi) is 6.08. The molecule has 1 amide bonds. The van der Waals surface area contributed by atoms with Gasteiger partial charge in [0.15, 0.2) is 0 Å². The van der Waals surface area contributed by atoms with Crippen molar-refractivity contribution in [2.45, 2.75) is 31.3 Å². The number of nitrogens with one attached hydrogen (secondary N) is 1. The third-order valence-corrected chi connectivity index (χ3v) is 3.49. The maximum atomic E-state index is 11.4. The highest BCUT2D eigenvalue weighted by Crippen LogP contribution is 2.28. The highest BCUT2D eigenvalue weighted by molar-refractivity contribution is 8.00. The molecule has 2 N–H and O–H groups in total. The molecule has 94 valence electrons. The van der Waals surface area contributed by atoms with Gasteiger partial charge in [0.2, 0.25) is 5.91 Å². The fourth-order valence-corrected chi connectivity index (χ4v) is 2.43. The van der Waals surface area contributed by atoms with Crippen LogP contribution in [0.25, 0.3) is 0 Å². The van der Waals surface area contributed by atoms with E-state index in [2.05, 4.69) is 5.32 Å². The second kappa shape index (κ2) is 7.35. The van der Waals surface area contributed by atoms with Crippen LogP contribution in [0.3, 0.4) is 0 Å². The molecule has 1 atom stereocenters. The zero-order chi connectivity index (χ0) is 12.7. The first-order valence-corrected chi connectivity index (χ1v) is 6.84. The average molecular weight is 253 g/mol. The van der Waals surface area contributed by atoms with Crippen LogP contribution in [-0.2, 0) is 4.79 Å². The molecule has 1 rings (SSSR count). The minimum absolute atomic E-state index is 0.0262. The molecule has 0 unspecified atom stereocenters. The van der Waals surface area contributed by atoms with Crippen molar-refractivity contribution in [3.8, 4) is 0 Å². The van der Waals surface area contributed by atoms with Crippen LogP contribution >= 0.6 is 11.8 Å². The highest BCUT2D eigenvalue weighted by atomic mass is 32.2. The lowest BCUT2D eigenvalue weighted by Crippen LogP contribution is -2.24. The Morgan fingerprint density at radius 2 is 2.12 bits per heavy atom. The molecule has 0 radical (unpaired) electrons. The topological polar surface area (TPSA) is 49.3 Å². The molecular formula is C13H19NO2S. The van der Waals surface area contributed by atoms with Gasteiger partial charge in [-0.3, -0.25) is 4.79 Å². The number of carbonyl (C=O) groups excluding carboxylic acids is 1. The number of hydrogen-bond acceptors (Lipinski definition) is 3. The van der Waals surface area contributed by atoms with Gasteiger partial charge in [0.1, 0.15) is 0 Å². The van der Waals surface area contributed by atoms with Crippen LogP contribution in [0.2, 0.25) is 0 Å². The highest BCUT2D eigenvalue weighted by Gasteiger charge is 2.11. The minimum Gasteiger partial charge on any atom is -0.388 e. The molecule has 1 aromatic rings. The van der Waals surface area contributed by atoms with Crippen LogP contribution in [0.4, 0.5) is 0 Å². The molecule has 3 nitrogen and oxygen atoms in total. The third-order valence-electron chi connectivity index (χ3n) is 2.40. The van der Waals surface area contributed by atoms with Gasteiger partial charge in [0.05, 0.1) is 11.9 Å². The van der Waals surface area contributed by atoms with Crippen molar-refractivity contribution >= 4 is 17.7 Å². The van der Waals surface area contributed by atoms with E-state index in [0.717, 1.165) is 10.5 Å². The molecule has 0 fully saturated rings. The van der Waals surface area contributed by atoms with Crippen molar-refractivity contribution in [1.82, 2.24) is 5.32 Å². The molecule has 1 aromatic carbocycles. The summed E-state index contributed by atoms with van der Waals surface area (Å²) in [5, 5.41) is 12.6. The van der Waals surface area contributed by atoms with Crippen molar-refractivity contribution in [2.75, 3.05) is 12.3 Å². The second-order valence-corrected chi connectivity index (χ2v) is 4.72. The van der Waals surface area contributed by atoms with Gasteiger partial charge in [-0.05, 0) is 25.0 Å². The van der Waals surface area contributed by atoms with E-state index >= 15 is 0 Å². The van der Waals surface area contributed by atoms with Crippen molar-refractivity contribution in [3.05, 3.63) is 29.8 Å². The molecule has 0 aromatic heterocycles. The summed E-state index contributed by atoms with van der Waals surface area (Å²) in [6.07, 6.45) is 0.228. The summed E-state index contributed by atoms with van der Waals surface area (Å²) in [6.45, 7) is 4.49. The SMILES string of the molecule is CCNC(=O)CSc1ccccc1[C@@H](O)CC. The van der Waals surface area contributed by atoms with Gasteiger partial charge < -0.3 is 10.4 Å². The zero-order valence-electron chi connectivity index (χ0n) is 10.3. The summed E-state index contributed by atoms with van der Waals surface area (Å²) in [7, 11) is 0. The number of hydrogen-bond donors (Lipinski definition) is 2. The predicted molar refractivity (Wildman–Crippen MR) is 71.1 cm³/mol. The Balaban J connectivity index is 2.67. The Morgan fingerprint density at radius 3 is 2.76 bits per heavy atom. The molecule has 0 aliphatic carbocycles.